The van der Waals surface area contributed by atoms with E-state index in [2.05, 4.69) is 5.32 Å². The lowest BCUT2D eigenvalue weighted by Gasteiger charge is -2.15. The van der Waals surface area contributed by atoms with Crippen molar-refractivity contribution in [3.63, 3.8) is 0 Å². The molecule has 128 valence electrons. The Bertz CT molecular complexity index is 524. The van der Waals surface area contributed by atoms with Crippen molar-refractivity contribution in [1.29, 1.82) is 0 Å². The summed E-state index contributed by atoms with van der Waals surface area (Å²) in [5, 5.41) is 2.49. The minimum atomic E-state index is -1.25. The third-order valence-corrected chi connectivity index (χ3v) is 4.35. The average molecular weight is 342 g/mol. The van der Waals surface area contributed by atoms with Crippen LogP contribution < -0.4 is 11.1 Å². The van der Waals surface area contributed by atoms with Crippen LogP contribution in [0.15, 0.2) is 35.2 Å². The van der Waals surface area contributed by atoms with Gasteiger partial charge in [0.2, 0.25) is 11.8 Å². The Morgan fingerprint density at radius 2 is 1.96 bits per heavy atom. The maximum atomic E-state index is 12.1. The summed E-state index contributed by atoms with van der Waals surface area (Å²) in [6.07, 6.45) is 0.195. The molecule has 0 aliphatic carbocycles. The van der Waals surface area contributed by atoms with Crippen molar-refractivity contribution in [1.82, 2.24) is 5.32 Å². The van der Waals surface area contributed by atoms with Gasteiger partial charge in [-0.1, -0.05) is 18.2 Å². The summed E-state index contributed by atoms with van der Waals surface area (Å²) in [4.78, 5) is 23.8. The molecule has 8 heteroatoms. The van der Waals surface area contributed by atoms with Crippen LogP contribution in [0.1, 0.15) is 6.42 Å². The van der Waals surface area contributed by atoms with Gasteiger partial charge in [-0.2, -0.15) is 0 Å². The normalized spacial score (nSPS) is 13.3. The molecule has 0 saturated heterocycles. The Kier molecular flexibility index (Phi) is 9.11. The Morgan fingerprint density at radius 1 is 1.26 bits per heavy atom. The summed E-state index contributed by atoms with van der Waals surface area (Å²) >= 11 is 0. The minimum Gasteiger partial charge on any atom is -0.382 e. The molecule has 1 rings (SSSR count). The zero-order valence-electron chi connectivity index (χ0n) is 13.0. The van der Waals surface area contributed by atoms with Crippen molar-refractivity contribution < 1.29 is 23.3 Å². The molecule has 23 heavy (non-hydrogen) atoms. The molecule has 1 aromatic carbocycles. The van der Waals surface area contributed by atoms with Crippen molar-refractivity contribution in [2.75, 3.05) is 32.7 Å². The fourth-order valence-corrected chi connectivity index (χ4v) is 2.89. The van der Waals surface area contributed by atoms with Gasteiger partial charge in [0.25, 0.3) is 0 Å². The molecular formula is C15H22N2O5S. The number of benzene rings is 1. The molecule has 1 aromatic rings. The van der Waals surface area contributed by atoms with E-state index in [1.54, 1.807) is 24.3 Å². The first kappa shape index (κ1) is 19.3. The van der Waals surface area contributed by atoms with Crippen molar-refractivity contribution in [2.45, 2.75) is 17.4 Å². The number of methoxy groups -OCH3 is 1. The highest BCUT2D eigenvalue weighted by atomic mass is 32.2. The monoisotopic (exact) mass is 342 g/mol. The van der Waals surface area contributed by atoms with E-state index in [1.165, 1.54) is 7.11 Å². The SMILES string of the molecule is COCCOCC(=O)N[C@H](CC[S@@](=O)c1ccccc1)C(N)=O. The van der Waals surface area contributed by atoms with Gasteiger partial charge < -0.3 is 20.5 Å². The van der Waals surface area contributed by atoms with Gasteiger partial charge in [0.05, 0.1) is 24.0 Å². The lowest BCUT2D eigenvalue weighted by Crippen LogP contribution is -2.46. The van der Waals surface area contributed by atoms with E-state index in [4.69, 9.17) is 15.2 Å². The molecule has 2 atom stereocenters. The maximum Gasteiger partial charge on any atom is 0.246 e. The van der Waals surface area contributed by atoms with Gasteiger partial charge in [0, 0.05) is 17.8 Å². The van der Waals surface area contributed by atoms with Crippen molar-refractivity contribution in [3.8, 4) is 0 Å². The molecule has 0 spiro atoms. The number of nitrogens with two attached hydrogens (primary N) is 1. The summed E-state index contributed by atoms with van der Waals surface area (Å²) in [5.41, 5.74) is 5.27. The number of carbonyl (C=O) groups is 2. The Labute approximate surface area is 138 Å². The first-order chi connectivity index (χ1) is 11.0. The van der Waals surface area contributed by atoms with Gasteiger partial charge in [0.15, 0.2) is 0 Å². The molecule has 0 fully saturated rings. The fraction of sp³-hybridized carbons (Fsp3) is 0.467. The third kappa shape index (κ3) is 7.87. The van der Waals surface area contributed by atoms with Crippen molar-refractivity contribution >= 4 is 22.6 Å². The topological polar surface area (TPSA) is 108 Å². The summed E-state index contributed by atoms with van der Waals surface area (Å²) in [6, 6.07) is 8.03. The molecule has 0 bridgehead atoms. The lowest BCUT2D eigenvalue weighted by atomic mass is 10.2. The van der Waals surface area contributed by atoms with Crippen LogP contribution in [-0.2, 0) is 29.9 Å². The third-order valence-electron chi connectivity index (χ3n) is 2.94. The van der Waals surface area contributed by atoms with E-state index in [0.29, 0.717) is 11.5 Å². The Balaban J connectivity index is 2.41. The highest BCUT2D eigenvalue weighted by Crippen LogP contribution is 2.07. The van der Waals surface area contributed by atoms with Crippen LogP contribution >= 0.6 is 0 Å². The van der Waals surface area contributed by atoms with Gasteiger partial charge >= 0.3 is 0 Å². The molecular weight excluding hydrogens is 320 g/mol. The van der Waals surface area contributed by atoms with Crippen LogP contribution in [0.3, 0.4) is 0 Å². The lowest BCUT2D eigenvalue weighted by molar-refractivity contribution is -0.130. The first-order valence-corrected chi connectivity index (χ1v) is 8.45. The van der Waals surface area contributed by atoms with Gasteiger partial charge in [-0.15, -0.1) is 0 Å². The molecule has 3 N–H and O–H groups in total. The summed E-state index contributed by atoms with van der Waals surface area (Å²) < 4.78 is 22.0. The Morgan fingerprint density at radius 3 is 2.57 bits per heavy atom. The number of hydrogen-bond donors (Lipinski definition) is 2. The van der Waals surface area contributed by atoms with E-state index in [0.717, 1.165) is 0 Å². The predicted molar refractivity (Wildman–Crippen MR) is 86.2 cm³/mol. The van der Waals surface area contributed by atoms with Crippen LogP contribution in [-0.4, -0.2) is 54.7 Å². The molecule has 0 saturated carbocycles. The standard InChI is InChI=1S/C15H22N2O5S/c1-21-8-9-22-11-14(18)17-13(15(16)19)7-10-23(20)12-5-3-2-4-6-12/h2-6,13H,7-11H2,1H3,(H2,16,19)(H,17,18)/t13-,23-/m1/s1. The van der Waals surface area contributed by atoms with Gasteiger partial charge in [0.1, 0.15) is 12.6 Å². The van der Waals surface area contributed by atoms with Crippen molar-refractivity contribution in [3.05, 3.63) is 30.3 Å². The molecule has 0 aliphatic rings. The van der Waals surface area contributed by atoms with Gasteiger partial charge in [-0.3, -0.25) is 13.8 Å². The number of ether oxygens (including phenoxy) is 2. The van der Waals surface area contributed by atoms with Gasteiger partial charge in [-0.05, 0) is 18.6 Å². The molecule has 0 aromatic heterocycles. The summed E-state index contributed by atoms with van der Waals surface area (Å²) in [6.45, 7) is 0.473. The predicted octanol–water partition coefficient (Wildman–Crippen LogP) is -0.183. The fourth-order valence-electron chi connectivity index (χ4n) is 1.74. The maximum absolute atomic E-state index is 12.1. The number of rotatable bonds is 11. The average Bonchev–Trinajstić information content (AvgIpc) is 2.55. The number of carbonyl (C=O) groups excluding carboxylic acids is 2. The van der Waals surface area contributed by atoms with Crippen LogP contribution in [0, 0.1) is 0 Å². The minimum absolute atomic E-state index is 0.186. The van der Waals surface area contributed by atoms with Crippen LogP contribution in [0.2, 0.25) is 0 Å². The van der Waals surface area contributed by atoms with E-state index in [1.807, 2.05) is 6.07 Å². The summed E-state index contributed by atoms with van der Waals surface area (Å²) in [5.74, 6) is -0.890. The highest BCUT2D eigenvalue weighted by Gasteiger charge is 2.19. The summed E-state index contributed by atoms with van der Waals surface area (Å²) in [7, 11) is 0.277. The molecule has 0 radical (unpaired) electrons. The van der Waals surface area contributed by atoms with Crippen LogP contribution in [0.25, 0.3) is 0 Å². The van der Waals surface area contributed by atoms with E-state index < -0.39 is 28.7 Å². The van der Waals surface area contributed by atoms with Crippen molar-refractivity contribution in [2.24, 2.45) is 5.73 Å². The zero-order chi connectivity index (χ0) is 17.1. The number of nitrogens with one attached hydrogen (secondary N) is 1. The quantitative estimate of drug-likeness (QED) is 0.542. The second-order valence-electron chi connectivity index (χ2n) is 4.72. The number of primary amides is 1. The van der Waals surface area contributed by atoms with Gasteiger partial charge in [-0.25, -0.2) is 0 Å². The highest BCUT2D eigenvalue weighted by molar-refractivity contribution is 7.85. The molecule has 2 amide bonds. The molecule has 7 nitrogen and oxygen atoms in total. The van der Waals surface area contributed by atoms with E-state index >= 15 is 0 Å². The van der Waals surface area contributed by atoms with Crippen LogP contribution in [0.5, 0.6) is 0 Å². The van der Waals surface area contributed by atoms with E-state index in [9.17, 15) is 13.8 Å². The Hall–Kier alpha value is -1.77. The second kappa shape index (κ2) is 10.9. The second-order valence-corrected chi connectivity index (χ2v) is 6.29. The number of hydrogen-bond acceptors (Lipinski definition) is 5. The number of amides is 2. The smallest absolute Gasteiger partial charge is 0.246 e. The van der Waals surface area contributed by atoms with E-state index in [-0.39, 0.29) is 25.4 Å². The molecule has 0 unspecified atom stereocenters. The first-order valence-electron chi connectivity index (χ1n) is 7.13. The zero-order valence-corrected chi connectivity index (χ0v) is 13.8. The van der Waals surface area contributed by atoms with Crippen LogP contribution in [0.4, 0.5) is 0 Å². The molecule has 0 aliphatic heterocycles. The molecule has 0 heterocycles. The largest absolute Gasteiger partial charge is 0.382 e.